The standard InChI is InChI=1S/C19H27F2N3O.2ClH/c1-14-6-4-5-9-24(14)12-16-8-3-2-7-15(16)11-22-18(25)17-10-19(20,21)13-23-17;;/h2-3,7-8,14,17,23H,4-6,9-13H2,1H3,(H,22,25);2*1H. The summed E-state index contributed by atoms with van der Waals surface area (Å²) in [5, 5.41) is 5.41. The molecule has 1 aromatic rings. The molecule has 2 atom stereocenters. The fourth-order valence-corrected chi connectivity index (χ4v) is 3.70. The summed E-state index contributed by atoms with van der Waals surface area (Å²) < 4.78 is 26.5. The molecule has 4 nitrogen and oxygen atoms in total. The zero-order valence-electron chi connectivity index (χ0n) is 15.5. The van der Waals surface area contributed by atoms with Crippen LogP contribution in [0.5, 0.6) is 0 Å². The van der Waals surface area contributed by atoms with Gasteiger partial charge in [-0.3, -0.25) is 15.0 Å². The van der Waals surface area contributed by atoms with E-state index in [2.05, 4.69) is 28.5 Å². The summed E-state index contributed by atoms with van der Waals surface area (Å²) in [6.45, 7) is 4.18. The molecular formula is C19H29Cl2F2N3O. The van der Waals surface area contributed by atoms with Crippen LogP contribution in [0.2, 0.25) is 0 Å². The number of hydrogen-bond acceptors (Lipinski definition) is 3. The maximum atomic E-state index is 13.2. The summed E-state index contributed by atoms with van der Waals surface area (Å²) in [7, 11) is 0. The molecule has 2 saturated heterocycles. The van der Waals surface area contributed by atoms with Gasteiger partial charge in [-0.2, -0.15) is 0 Å². The van der Waals surface area contributed by atoms with E-state index in [1.807, 2.05) is 18.2 Å². The maximum absolute atomic E-state index is 13.2. The lowest BCUT2D eigenvalue weighted by molar-refractivity contribution is -0.123. The molecule has 2 heterocycles. The minimum Gasteiger partial charge on any atom is -0.351 e. The van der Waals surface area contributed by atoms with Gasteiger partial charge in [0, 0.05) is 25.6 Å². The van der Waals surface area contributed by atoms with Gasteiger partial charge in [0.15, 0.2) is 0 Å². The molecule has 2 aliphatic rings. The molecule has 2 aliphatic heterocycles. The van der Waals surface area contributed by atoms with Gasteiger partial charge < -0.3 is 5.32 Å². The highest BCUT2D eigenvalue weighted by Gasteiger charge is 2.42. The van der Waals surface area contributed by atoms with Gasteiger partial charge in [0.1, 0.15) is 0 Å². The second-order valence-electron chi connectivity index (χ2n) is 7.30. The third-order valence-corrected chi connectivity index (χ3v) is 5.31. The Morgan fingerprint density at radius 1 is 1.26 bits per heavy atom. The van der Waals surface area contributed by atoms with E-state index in [0.29, 0.717) is 12.6 Å². The fraction of sp³-hybridized carbons (Fsp3) is 0.632. The highest BCUT2D eigenvalue weighted by molar-refractivity contribution is 5.85. The Hall–Kier alpha value is -0.950. The molecule has 27 heavy (non-hydrogen) atoms. The van der Waals surface area contributed by atoms with Gasteiger partial charge in [-0.05, 0) is 37.4 Å². The molecule has 0 aromatic heterocycles. The van der Waals surface area contributed by atoms with E-state index >= 15 is 0 Å². The van der Waals surface area contributed by atoms with Crippen LogP contribution in [0.3, 0.4) is 0 Å². The predicted octanol–water partition coefficient (Wildman–Crippen LogP) is 3.52. The lowest BCUT2D eigenvalue weighted by atomic mass is 10.0. The maximum Gasteiger partial charge on any atom is 0.262 e. The van der Waals surface area contributed by atoms with Crippen LogP contribution in [-0.4, -0.2) is 41.9 Å². The summed E-state index contributed by atoms with van der Waals surface area (Å²) in [6, 6.07) is 7.82. The van der Waals surface area contributed by atoms with Crippen LogP contribution < -0.4 is 10.6 Å². The molecule has 0 bridgehead atoms. The van der Waals surface area contributed by atoms with Crippen LogP contribution in [0.15, 0.2) is 24.3 Å². The van der Waals surface area contributed by atoms with Gasteiger partial charge in [0.2, 0.25) is 5.91 Å². The minimum absolute atomic E-state index is 0. The van der Waals surface area contributed by atoms with Crippen molar-refractivity contribution in [3.63, 3.8) is 0 Å². The van der Waals surface area contributed by atoms with Crippen LogP contribution in [0.4, 0.5) is 8.78 Å². The predicted molar refractivity (Wildman–Crippen MR) is 108 cm³/mol. The first-order chi connectivity index (χ1) is 11.9. The molecule has 0 saturated carbocycles. The number of nitrogens with zero attached hydrogens (tertiary/aromatic N) is 1. The molecule has 154 valence electrons. The Balaban J connectivity index is 0.00000182. The first-order valence-corrected chi connectivity index (χ1v) is 9.14. The summed E-state index contributed by atoms with van der Waals surface area (Å²) >= 11 is 0. The fourth-order valence-electron chi connectivity index (χ4n) is 3.70. The number of likely N-dealkylation sites (tertiary alicyclic amines) is 1. The largest absolute Gasteiger partial charge is 0.351 e. The van der Waals surface area contributed by atoms with E-state index in [4.69, 9.17) is 0 Å². The SMILES string of the molecule is CC1CCCCN1Cc1ccccc1CNC(=O)C1CC(F)(F)CN1.Cl.Cl. The molecule has 0 aliphatic carbocycles. The van der Waals surface area contributed by atoms with Gasteiger partial charge >= 0.3 is 0 Å². The molecule has 2 N–H and O–H groups in total. The molecule has 1 amide bonds. The van der Waals surface area contributed by atoms with Crippen LogP contribution in [0, 0.1) is 0 Å². The Bertz CT molecular complexity index is 618. The van der Waals surface area contributed by atoms with Crippen molar-refractivity contribution in [1.82, 2.24) is 15.5 Å². The van der Waals surface area contributed by atoms with E-state index in [9.17, 15) is 13.6 Å². The topological polar surface area (TPSA) is 44.4 Å². The number of hydrogen-bond donors (Lipinski definition) is 2. The number of amides is 1. The molecule has 2 unspecified atom stereocenters. The lowest BCUT2D eigenvalue weighted by Crippen LogP contribution is -2.40. The van der Waals surface area contributed by atoms with Crippen molar-refractivity contribution in [3.8, 4) is 0 Å². The zero-order chi connectivity index (χ0) is 17.9. The van der Waals surface area contributed by atoms with Crippen molar-refractivity contribution in [2.24, 2.45) is 0 Å². The lowest BCUT2D eigenvalue weighted by Gasteiger charge is -2.33. The number of piperidine rings is 1. The van der Waals surface area contributed by atoms with Gasteiger partial charge in [-0.25, -0.2) is 8.78 Å². The Labute approximate surface area is 172 Å². The molecule has 2 fully saturated rings. The molecule has 0 radical (unpaired) electrons. The van der Waals surface area contributed by atoms with Crippen molar-refractivity contribution >= 4 is 30.7 Å². The number of carbonyl (C=O) groups excluding carboxylic acids is 1. The average Bonchev–Trinajstić information content (AvgIpc) is 2.96. The average molecular weight is 424 g/mol. The molecule has 0 spiro atoms. The number of halogens is 4. The van der Waals surface area contributed by atoms with Crippen LogP contribution in [0.1, 0.15) is 43.7 Å². The monoisotopic (exact) mass is 423 g/mol. The van der Waals surface area contributed by atoms with Crippen molar-refractivity contribution in [3.05, 3.63) is 35.4 Å². The van der Waals surface area contributed by atoms with Gasteiger partial charge in [-0.15, -0.1) is 24.8 Å². The number of carbonyl (C=O) groups is 1. The Morgan fingerprint density at radius 3 is 2.59 bits per heavy atom. The summed E-state index contributed by atoms with van der Waals surface area (Å²) in [5.74, 6) is -3.14. The number of benzene rings is 1. The summed E-state index contributed by atoms with van der Waals surface area (Å²) in [6.07, 6.45) is 3.31. The van der Waals surface area contributed by atoms with Crippen molar-refractivity contribution < 1.29 is 13.6 Å². The van der Waals surface area contributed by atoms with Crippen molar-refractivity contribution in [2.45, 2.75) is 63.7 Å². The third-order valence-electron chi connectivity index (χ3n) is 5.31. The molecule has 8 heteroatoms. The first kappa shape index (κ1) is 24.1. The summed E-state index contributed by atoms with van der Waals surface area (Å²) in [5.41, 5.74) is 2.25. The van der Waals surface area contributed by atoms with Crippen LogP contribution in [-0.2, 0) is 17.9 Å². The number of nitrogens with one attached hydrogen (secondary N) is 2. The number of rotatable bonds is 5. The van der Waals surface area contributed by atoms with E-state index in [1.54, 1.807) is 0 Å². The van der Waals surface area contributed by atoms with Gasteiger partial charge in [-0.1, -0.05) is 30.7 Å². The van der Waals surface area contributed by atoms with E-state index < -0.39 is 24.9 Å². The minimum atomic E-state index is -2.79. The van der Waals surface area contributed by atoms with E-state index in [-0.39, 0.29) is 30.7 Å². The molecular weight excluding hydrogens is 395 g/mol. The zero-order valence-corrected chi connectivity index (χ0v) is 17.2. The smallest absolute Gasteiger partial charge is 0.262 e. The Morgan fingerprint density at radius 2 is 1.96 bits per heavy atom. The normalized spacial score (nSPS) is 24.6. The highest BCUT2D eigenvalue weighted by atomic mass is 35.5. The van der Waals surface area contributed by atoms with Gasteiger partial charge in [0.05, 0.1) is 12.6 Å². The molecule has 1 aromatic carbocycles. The van der Waals surface area contributed by atoms with E-state index in [1.165, 1.54) is 24.8 Å². The van der Waals surface area contributed by atoms with Crippen LogP contribution in [0.25, 0.3) is 0 Å². The second-order valence-corrected chi connectivity index (χ2v) is 7.30. The first-order valence-electron chi connectivity index (χ1n) is 9.14. The Kier molecular flexibility index (Phi) is 9.42. The van der Waals surface area contributed by atoms with E-state index in [0.717, 1.165) is 18.7 Å². The van der Waals surface area contributed by atoms with Crippen LogP contribution >= 0.6 is 24.8 Å². The van der Waals surface area contributed by atoms with Crippen molar-refractivity contribution in [2.75, 3.05) is 13.1 Å². The third kappa shape index (κ3) is 6.56. The number of alkyl halides is 2. The quantitative estimate of drug-likeness (QED) is 0.761. The van der Waals surface area contributed by atoms with Gasteiger partial charge in [0.25, 0.3) is 5.92 Å². The summed E-state index contributed by atoms with van der Waals surface area (Å²) in [4.78, 5) is 14.6. The second kappa shape index (κ2) is 10.6. The van der Waals surface area contributed by atoms with Crippen molar-refractivity contribution in [1.29, 1.82) is 0 Å². The highest BCUT2D eigenvalue weighted by Crippen LogP contribution is 2.25. The molecule has 3 rings (SSSR count).